The highest BCUT2D eigenvalue weighted by atomic mass is 79.9. The molecule has 2 rings (SSSR count). The van der Waals surface area contributed by atoms with E-state index in [1.54, 1.807) is 0 Å². The molecule has 21 heavy (non-hydrogen) atoms. The molecule has 1 N–H and O–H groups in total. The van der Waals surface area contributed by atoms with Crippen molar-refractivity contribution in [1.29, 1.82) is 0 Å². The number of hydrogen-bond donors (Lipinski definition) is 1. The number of nitro groups is 1. The summed E-state index contributed by atoms with van der Waals surface area (Å²) in [5, 5.41) is 13.1. The van der Waals surface area contributed by atoms with E-state index in [-0.39, 0.29) is 27.5 Å². The van der Waals surface area contributed by atoms with Crippen LogP contribution < -0.4 is 5.32 Å². The molecule has 0 radical (unpaired) electrons. The van der Waals surface area contributed by atoms with Gasteiger partial charge in [0.2, 0.25) is 5.28 Å². The molecule has 0 fully saturated rings. The van der Waals surface area contributed by atoms with E-state index in [1.165, 1.54) is 18.2 Å². The lowest BCUT2D eigenvalue weighted by molar-refractivity contribution is -0.384. The summed E-state index contributed by atoms with van der Waals surface area (Å²) >= 11 is 14.5. The van der Waals surface area contributed by atoms with Gasteiger partial charge in [-0.3, -0.25) is 14.9 Å². The molecule has 2 aromatic rings. The summed E-state index contributed by atoms with van der Waals surface area (Å²) in [7, 11) is 0. The van der Waals surface area contributed by atoms with Crippen molar-refractivity contribution >= 4 is 56.5 Å². The number of hydrogen-bond acceptors (Lipinski definition) is 5. The Morgan fingerprint density at radius 1 is 1.29 bits per heavy atom. The van der Waals surface area contributed by atoms with Crippen molar-refractivity contribution in [2.75, 3.05) is 5.32 Å². The Morgan fingerprint density at radius 2 is 2.00 bits per heavy atom. The van der Waals surface area contributed by atoms with Crippen molar-refractivity contribution < 1.29 is 9.72 Å². The van der Waals surface area contributed by atoms with Gasteiger partial charge in [-0.25, -0.2) is 9.97 Å². The molecular weight excluding hydrogens is 387 g/mol. The number of halogens is 3. The van der Waals surface area contributed by atoms with Crippen LogP contribution in [0.15, 0.2) is 28.7 Å². The van der Waals surface area contributed by atoms with Gasteiger partial charge in [-0.2, -0.15) is 0 Å². The zero-order valence-electron chi connectivity index (χ0n) is 10.0. The van der Waals surface area contributed by atoms with Crippen LogP contribution in [0.3, 0.4) is 0 Å². The normalized spacial score (nSPS) is 10.2. The second-order valence-electron chi connectivity index (χ2n) is 3.72. The Morgan fingerprint density at radius 3 is 2.62 bits per heavy atom. The van der Waals surface area contributed by atoms with Gasteiger partial charge in [0.05, 0.1) is 10.5 Å². The van der Waals surface area contributed by atoms with Crippen LogP contribution in [0.2, 0.25) is 10.4 Å². The number of nitrogens with zero attached hydrogens (tertiary/aromatic N) is 3. The lowest BCUT2D eigenvalue weighted by atomic mass is 10.2. The van der Waals surface area contributed by atoms with E-state index < -0.39 is 10.8 Å². The number of nitro benzene ring substituents is 1. The summed E-state index contributed by atoms with van der Waals surface area (Å²) in [6, 6.07) is 5.13. The summed E-state index contributed by atoms with van der Waals surface area (Å²) in [5.41, 5.74) is -0.128. The molecule has 0 unspecified atom stereocenters. The monoisotopic (exact) mass is 390 g/mol. The minimum absolute atomic E-state index is 0.0587. The number of nitrogens with one attached hydrogen (secondary N) is 1. The van der Waals surface area contributed by atoms with Crippen LogP contribution in [0.1, 0.15) is 10.4 Å². The van der Waals surface area contributed by atoms with Gasteiger partial charge in [-0.15, -0.1) is 0 Å². The standard InChI is InChI=1S/C11H5BrCl2N4O3/c12-7-2-1-5(18(20)21)3-6(7)10(19)16-9-4-8(13)15-11(14)17-9/h1-4H,(H,15,16,17,19). The van der Waals surface area contributed by atoms with Gasteiger partial charge in [0, 0.05) is 22.7 Å². The average Bonchev–Trinajstić information content (AvgIpc) is 2.37. The first kappa shape index (κ1) is 15.6. The fraction of sp³-hybridized carbons (Fsp3) is 0. The molecular formula is C11H5BrCl2N4O3. The van der Waals surface area contributed by atoms with E-state index in [2.05, 4.69) is 31.2 Å². The molecule has 0 spiro atoms. The highest BCUT2D eigenvalue weighted by Crippen LogP contribution is 2.24. The van der Waals surface area contributed by atoms with Gasteiger partial charge in [0.15, 0.2) is 0 Å². The van der Waals surface area contributed by atoms with Gasteiger partial charge in [-0.05, 0) is 33.6 Å². The van der Waals surface area contributed by atoms with E-state index in [1.807, 2.05) is 0 Å². The summed E-state index contributed by atoms with van der Waals surface area (Å²) in [4.78, 5) is 29.7. The predicted molar refractivity (Wildman–Crippen MR) is 80.8 cm³/mol. The third-order valence-electron chi connectivity index (χ3n) is 2.31. The van der Waals surface area contributed by atoms with Gasteiger partial charge >= 0.3 is 0 Å². The summed E-state index contributed by atoms with van der Waals surface area (Å²) in [6.45, 7) is 0. The summed E-state index contributed by atoms with van der Waals surface area (Å²) < 4.78 is 0.400. The quantitative estimate of drug-likeness (QED) is 0.372. The third kappa shape index (κ3) is 3.87. The first-order valence-electron chi connectivity index (χ1n) is 5.32. The smallest absolute Gasteiger partial charge is 0.270 e. The molecule has 1 aromatic heterocycles. The fourth-order valence-electron chi connectivity index (χ4n) is 1.44. The highest BCUT2D eigenvalue weighted by molar-refractivity contribution is 9.10. The molecule has 0 saturated carbocycles. The zero-order valence-corrected chi connectivity index (χ0v) is 13.1. The first-order chi connectivity index (χ1) is 9.86. The molecule has 7 nitrogen and oxygen atoms in total. The zero-order chi connectivity index (χ0) is 15.6. The topological polar surface area (TPSA) is 98.0 Å². The Hall–Kier alpha value is -1.77. The molecule has 0 bridgehead atoms. The van der Waals surface area contributed by atoms with Crippen LogP contribution in [-0.4, -0.2) is 20.8 Å². The number of benzene rings is 1. The molecule has 0 aliphatic heterocycles. The third-order valence-corrected chi connectivity index (χ3v) is 3.37. The second-order valence-corrected chi connectivity index (χ2v) is 5.30. The highest BCUT2D eigenvalue weighted by Gasteiger charge is 2.16. The minimum atomic E-state index is -0.601. The van der Waals surface area contributed by atoms with Gasteiger partial charge in [0.25, 0.3) is 11.6 Å². The molecule has 10 heteroatoms. The number of amides is 1. The van der Waals surface area contributed by atoms with E-state index in [4.69, 9.17) is 23.2 Å². The molecule has 0 atom stereocenters. The van der Waals surface area contributed by atoms with Crippen molar-refractivity contribution in [1.82, 2.24) is 9.97 Å². The Labute approximate surface area is 136 Å². The summed E-state index contributed by atoms with van der Waals surface area (Å²) in [5.74, 6) is -0.514. The minimum Gasteiger partial charge on any atom is -0.306 e. The molecule has 1 aromatic carbocycles. The number of carbonyl (C=O) groups is 1. The van der Waals surface area contributed by atoms with Crippen LogP contribution in [0.25, 0.3) is 0 Å². The van der Waals surface area contributed by atoms with Crippen molar-refractivity contribution in [3.8, 4) is 0 Å². The van der Waals surface area contributed by atoms with Crippen LogP contribution >= 0.6 is 39.1 Å². The van der Waals surface area contributed by atoms with Crippen molar-refractivity contribution in [2.24, 2.45) is 0 Å². The van der Waals surface area contributed by atoms with Crippen LogP contribution in [0.4, 0.5) is 11.5 Å². The van der Waals surface area contributed by atoms with Crippen LogP contribution in [0, 0.1) is 10.1 Å². The van der Waals surface area contributed by atoms with Crippen molar-refractivity contribution in [3.63, 3.8) is 0 Å². The number of non-ortho nitro benzene ring substituents is 1. The SMILES string of the molecule is O=C(Nc1cc(Cl)nc(Cl)n1)c1cc([N+](=O)[O-])ccc1Br. The lowest BCUT2D eigenvalue weighted by Gasteiger charge is -2.06. The number of rotatable bonds is 3. The van der Waals surface area contributed by atoms with Gasteiger partial charge in [0.1, 0.15) is 11.0 Å². The van der Waals surface area contributed by atoms with Gasteiger partial charge < -0.3 is 5.32 Å². The van der Waals surface area contributed by atoms with Crippen molar-refractivity contribution in [2.45, 2.75) is 0 Å². The maximum Gasteiger partial charge on any atom is 0.270 e. The largest absolute Gasteiger partial charge is 0.306 e. The number of aromatic nitrogens is 2. The maximum absolute atomic E-state index is 12.1. The van der Waals surface area contributed by atoms with Crippen molar-refractivity contribution in [3.05, 3.63) is 54.9 Å². The molecule has 0 aliphatic carbocycles. The Bertz CT molecular complexity index is 721. The number of carbonyl (C=O) groups excluding carboxylic acids is 1. The molecule has 0 saturated heterocycles. The molecule has 1 amide bonds. The fourth-order valence-corrected chi connectivity index (χ4v) is 2.27. The first-order valence-corrected chi connectivity index (χ1v) is 6.87. The average molecular weight is 392 g/mol. The van der Waals surface area contributed by atoms with Gasteiger partial charge in [-0.1, -0.05) is 11.6 Å². The summed E-state index contributed by atoms with van der Waals surface area (Å²) in [6.07, 6.45) is 0. The Kier molecular flexibility index (Phi) is 4.71. The molecule has 1 heterocycles. The van der Waals surface area contributed by atoms with E-state index in [0.29, 0.717) is 4.47 Å². The van der Waals surface area contributed by atoms with E-state index in [0.717, 1.165) is 6.07 Å². The van der Waals surface area contributed by atoms with Crippen LogP contribution in [-0.2, 0) is 0 Å². The van der Waals surface area contributed by atoms with E-state index >= 15 is 0 Å². The second kappa shape index (κ2) is 6.33. The Balaban J connectivity index is 2.31. The van der Waals surface area contributed by atoms with E-state index in [9.17, 15) is 14.9 Å². The number of anilines is 1. The lowest BCUT2D eigenvalue weighted by Crippen LogP contribution is -2.14. The van der Waals surface area contributed by atoms with Crippen LogP contribution in [0.5, 0.6) is 0 Å². The maximum atomic E-state index is 12.1. The molecule has 0 aliphatic rings. The molecule has 108 valence electrons. The predicted octanol–water partition coefficient (Wildman–Crippen LogP) is 3.71.